The molecule has 3 aromatic rings. The van der Waals surface area contributed by atoms with Crippen LogP contribution in [0.2, 0.25) is 0 Å². The van der Waals surface area contributed by atoms with E-state index in [1.165, 1.54) is 12.1 Å². The molecule has 0 atom stereocenters. The molecule has 0 spiro atoms. The Labute approximate surface area is 174 Å². The molecular weight excluding hydrogens is 391 g/mol. The fourth-order valence-electron chi connectivity index (χ4n) is 3.42. The van der Waals surface area contributed by atoms with E-state index >= 15 is 0 Å². The molecule has 1 aliphatic rings. The monoisotopic (exact) mass is 414 g/mol. The molecule has 8 heteroatoms. The SMILES string of the molecule is COc1ccc(Cc2nn(CN3CCN(c4ccc(F)cc4)CC3)c(=S)o2)cc1. The van der Waals surface area contributed by atoms with Gasteiger partial charge in [0.2, 0.25) is 5.89 Å². The Kier molecular flexibility index (Phi) is 5.92. The number of nitrogens with zero attached hydrogens (tertiary/aromatic N) is 4. The first-order valence-corrected chi connectivity index (χ1v) is 9.94. The summed E-state index contributed by atoms with van der Waals surface area (Å²) in [6, 6.07) is 14.5. The van der Waals surface area contributed by atoms with Crippen molar-refractivity contribution in [2.45, 2.75) is 13.1 Å². The number of rotatable bonds is 6. The summed E-state index contributed by atoms with van der Waals surface area (Å²) in [7, 11) is 1.65. The second-order valence-corrected chi connectivity index (χ2v) is 7.36. The van der Waals surface area contributed by atoms with E-state index < -0.39 is 0 Å². The molecule has 2 aromatic carbocycles. The number of ether oxygens (including phenoxy) is 1. The third-order valence-electron chi connectivity index (χ3n) is 5.06. The fraction of sp³-hybridized carbons (Fsp3) is 0.333. The molecule has 2 heterocycles. The topological polar surface area (TPSA) is 46.7 Å². The molecule has 0 unspecified atom stereocenters. The minimum absolute atomic E-state index is 0.210. The van der Waals surface area contributed by atoms with Gasteiger partial charge in [-0.05, 0) is 54.2 Å². The van der Waals surface area contributed by atoms with E-state index in [0.29, 0.717) is 23.8 Å². The van der Waals surface area contributed by atoms with Gasteiger partial charge in [0.05, 0.1) is 20.2 Å². The second kappa shape index (κ2) is 8.75. The quantitative estimate of drug-likeness (QED) is 0.573. The summed E-state index contributed by atoms with van der Waals surface area (Å²) in [4.78, 5) is 4.93. The van der Waals surface area contributed by atoms with Crippen molar-refractivity contribution in [3.8, 4) is 5.75 Å². The van der Waals surface area contributed by atoms with E-state index in [1.807, 2.05) is 36.4 Å². The van der Waals surface area contributed by atoms with Gasteiger partial charge in [0.1, 0.15) is 11.6 Å². The van der Waals surface area contributed by atoms with E-state index in [9.17, 15) is 4.39 Å². The minimum Gasteiger partial charge on any atom is -0.497 e. The number of aromatic nitrogens is 2. The molecule has 1 aromatic heterocycles. The zero-order chi connectivity index (χ0) is 20.2. The zero-order valence-corrected chi connectivity index (χ0v) is 17.1. The summed E-state index contributed by atoms with van der Waals surface area (Å²) in [5, 5.41) is 4.55. The molecule has 1 saturated heterocycles. The Morgan fingerprint density at radius 3 is 2.38 bits per heavy atom. The minimum atomic E-state index is -0.210. The molecule has 4 rings (SSSR count). The van der Waals surface area contributed by atoms with E-state index in [1.54, 1.807) is 11.8 Å². The van der Waals surface area contributed by atoms with Crippen molar-refractivity contribution < 1.29 is 13.5 Å². The van der Waals surface area contributed by atoms with Crippen molar-refractivity contribution in [3.63, 3.8) is 0 Å². The highest BCUT2D eigenvalue weighted by molar-refractivity contribution is 7.71. The molecule has 1 fully saturated rings. The van der Waals surface area contributed by atoms with Crippen LogP contribution in [-0.2, 0) is 13.1 Å². The lowest BCUT2D eigenvalue weighted by Crippen LogP contribution is -2.47. The number of piperazine rings is 1. The van der Waals surface area contributed by atoms with Crippen LogP contribution in [0.3, 0.4) is 0 Å². The predicted molar refractivity (Wildman–Crippen MR) is 111 cm³/mol. The van der Waals surface area contributed by atoms with Gasteiger partial charge in [-0.3, -0.25) is 4.90 Å². The Morgan fingerprint density at radius 1 is 1.03 bits per heavy atom. The van der Waals surface area contributed by atoms with Gasteiger partial charge in [0, 0.05) is 31.9 Å². The predicted octanol–water partition coefficient (Wildman–Crippen LogP) is 3.72. The number of hydrogen-bond donors (Lipinski definition) is 0. The van der Waals surface area contributed by atoms with Crippen LogP contribution >= 0.6 is 12.2 Å². The van der Waals surface area contributed by atoms with Gasteiger partial charge in [0.15, 0.2) is 0 Å². The zero-order valence-electron chi connectivity index (χ0n) is 16.3. The van der Waals surface area contributed by atoms with Crippen molar-refractivity contribution in [3.05, 3.63) is 70.6 Å². The normalized spacial score (nSPS) is 14.9. The third kappa shape index (κ3) is 4.83. The lowest BCUT2D eigenvalue weighted by molar-refractivity contribution is 0.192. The third-order valence-corrected chi connectivity index (χ3v) is 5.35. The smallest absolute Gasteiger partial charge is 0.288 e. The van der Waals surface area contributed by atoms with Gasteiger partial charge in [-0.1, -0.05) is 12.1 Å². The summed E-state index contributed by atoms with van der Waals surface area (Å²) in [5.41, 5.74) is 2.13. The van der Waals surface area contributed by atoms with Crippen LogP contribution in [0.15, 0.2) is 52.9 Å². The molecule has 6 nitrogen and oxygen atoms in total. The van der Waals surface area contributed by atoms with Gasteiger partial charge >= 0.3 is 0 Å². The standard InChI is InChI=1S/C21H23FN4O2S/c1-27-19-8-2-16(3-9-19)14-20-23-26(21(29)28-20)15-24-10-12-25(13-11-24)18-6-4-17(22)5-7-18/h2-9H,10-15H2,1H3. The average Bonchev–Trinajstić information content (AvgIpc) is 3.08. The first-order chi connectivity index (χ1) is 14.1. The number of halogens is 1. The number of methoxy groups -OCH3 is 1. The molecule has 29 heavy (non-hydrogen) atoms. The van der Waals surface area contributed by atoms with Crippen molar-refractivity contribution >= 4 is 17.9 Å². The highest BCUT2D eigenvalue weighted by Crippen LogP contribution is 2.18. The highest BCUT2D eigenvalue weighted by atomic mass is 32.1. The van der Waals surface area contributed by atoms with Crippen LogP contribution < -0.4 is 9.64 Å². The molecule has 0 N–H and O–H groups in total. The van der Waals surface area contributed by atoms with Gasteiger partial charge < -0.3 is 14.1 Å². The van der Waals surface area contributed by atoms with Crippen molar-refractivity contribution in [2.75, 3.05) is 38.2 Å². The lowest BCUT2D eigenvalue weighted by atomic mass is 10.1. The largest absolute Gasteiger partial charge is 0.497 e. The maximum atomic E-state index is 13.1. The van der Waals surface area contributed by atoms with Crippen molar-refractivity contribution in [1.29, 1.82) is 0 Å². The van der Waals surface area contributed by atoms with Crippen LogP contribution in [-0.4, -0.2) is 48.0 Å². The summed E-state index contributed by atoms with van der Waals surface area (Å²) in [6.07, 6.45) is 0.582. The Balaban J connectivity index is 1.34. The summed E-state index contributed by atoms with van der Waals surface area (Å²) < 4.78 is 25.7. The molecule has 1 aliphatic heterocycles. The molecular formula is C21H23FN4O2S. The summed E-state index contributed by atoms with van der Waals surface area (Å²) in [6.45, 7) is 4.09. The van der Waals surface area contributed by atoms with Gasteiger partial charge in [-0.2, -0.15) is 0 Å². The molecule has 152 valence electrons. The van der Waals surface area contributed by atoms with Crippen molar-refractivity contribution in [1.82, 2.24) is 14.7 Å². The van der Waals surface area contributed by atoms with E-state index in [-0.39, 0.29) is 5.82 Å². The summed E-state index contributed by atoms with van der Waals surface area (Å²) in [5.74, 6) is 1.21. The van der Waals surface area contributed by atoms with E-state index in [2.05, 4.69) is 14.9 Å². The Bertz CT molecular complexity index is 993. The van der Waals surface area contributed by atoms with Gasteiger partial charge in [-0.25, -0.2) is 9.07 Å². The van der Waals surface area contributed by atoms with Crippen LogP contribution in [0.5, 0.6) is 5.75 Å². The van der Waals surface area contributed by atoms with Gasteiger partial charge in [-0.15, -0.1) is 5.10 Å². The maximum absolute atomic E-state index is 13.1. The Morgan fingerprint density at radius 2 is 1.72 bits per heavy atom. The first-order valence-electron chi connectivity index (χ1n) is 9.53. The van der Waals surface area contributed by atoms with Crippen LogP contribution in [0, 0.1) is 10.7 Å². The van der Waals surface area contributed by atoms with Gasteiger partial charge in [0.25, 0.3) is 4.84 Å². The molecule has 0 amide bonds. The maximum Gasteiger partial charge on any atom is 0.288 e. The van der Waals surface area contributed by atoms with Crippen LogP contribution in [0.25, 0.3) is 0 Å². The lowest BCUT2D eigenvalue weighted by Gasteiger charge is -2.35. The highest BCUT2D eigenvalue weighted by Gasteiger charge is 2.19. The first kappa shape index (κ1) is 19.6. The summed E-state index contributed by atoms with van der Waals surface area (Å²) >= 11 is 5.35. The van der Waals surface area contributed by atoms with Crippen LogP contribution in [0.4, 0.5) is 10.1 Å². The van der Waals surface area contributed by atoms with Crippen LogP contribution in [0.1, 0.15) is 11.5 Å². The number of anilines is 1. The number of hydrogen-bond acceptors (Lipinski definition) is 6. The Hall–Kier alpha value is -2.71. The van der Waals surface area contributed by atoms with Crippen molar-refractivity contribution in [2.24, 2.45) is 0 Å². The molecule has 0 aliphatic carbocycles. The molecule has 0 bridgehead atoms. The fourth-order valence-corrected chi connectivity index (χ4v) is 3.61. The second-order valence-electron chi connectivity index (χ2n) is 7.01. The van der Waals surface area contributed by atoms with E-state index in [4.69, 9.17) is 21.4 Å². The van der Waals surface area contributed by atoms with E-state index in [0.717, 1.165) is 43.2 Å². The average molecular weight is 415 g/mol. The number of benzene rings is 2. The molecule has 0 saturated carbocycles. The molecule has 0 radical (unpaired) electrons.